The number of hydrogen-bond donors (Lipinski definition) is 0. The van der Waals surface area contributed by atoms with Gasteiger partial charge in [0.25, 0.3) is 5.69 Å². The molecular weight excluding hydrogens is 273 g/mol. The smallest absolute Gasteiger partial charge is 0.258 e. The van der Waals surface area contributed by atoms with Crippen LogP contribution < -0.4 is 0 Å². The minimum Gasteiger partial charge on any atom is -0.258 e. The lowest BCUT2D eigenvalue weighted by molar-refractivity contribution is -0.384. The molecule has 82 valence electrons. The second-order valence-corrected chi connectivity index (χ2v) is 4.29. The van der Waals surface area contributed by atoms with Crippen LogP contribution in [0.1, 0.15) is 0 Å². The van der Waals surface area contributed by atoms with Gasteiger partial charge in [-0.25, -0.2) is 4.98 Å². The van der Waals surface area contributed by atoms with Crippen molar-refractivity contribution in [2.45, 2.75) is 0 Å². The van der Waals surface area contributed by atoms with Crippen molar-refractivity contribution >= 4 is 40.4 Å². The molecule has 8 heteroatoms. The predicted octanol–water partition coefficient (Wildman–Crippen LogP) is 3.42. The molecule has 1 aromatic carbocycles. The number of halogens is 2. The molecule has 2 aromatic rings. The van der Waals surface area contributed by atoms with Gasteiger partial charge in [0.2, 0.25) is 5.28 Å². The molecule has 0 radical (unpaired) electrons. The van der Waals surface area contributed by atoms with Gasteiger partial charge in [-0.2, -0.15) is 4.37 Å². The molecule has 0 saturated heterocycles. The van der Waals surface area contributed by atoms with Gasteiger partial charge in [-0.15, -0.1) is 0 Å². The molecule has 0 saturated carbocycles. The van der Waals surface area contributed by atoms with Crippen LogP contribution in [0.2, 0.25) is 10.3 Å². The summed E-state index contributed by atoms with van der Waals surface area (Å²) < 4.78 is 3.78. The highest BCUT2D eigenvalue weighted by Gasteiger charge is 2.15. The molecule has 0 N–H and O–H groups in total. The molecule has 0 spiro atoms. The minimum absolute atomic E-state index is 0.0874. The zero-order chi connectivity index (χ0) is 11.7. The number of benzene rings is 1. The third-order valence-electron chi connectivity index (χ3n) is 1.79. The fourth-order valence-electron chi connectivity index (χ4n) is 1.11. The van der Waals surface area contributed by atoms with Crippen molar-refractivity contribution < 1.29 is 4.92 Å². The highest BCUT2D eigenvalue weighted by atomic mass is 35.5. The number of nitro benzene ring substituents is 1. The first-order valence-electron chi connectivity index (χ1n) is 4.01. The van der Waals surface area contributed by atoms with Crippen LogP contribution >= 0.6 is 34.7 Å². The van der Waals surface area contributed by atoms with Crippen molar-refractivity contribution in [2.75, 3.05) is 0 Å². The number of nitrogens with zero attached hydrogens (tertiary/aromatic N) is 3. The molecule has 0 aliphatic heterocycles. The summed E-state index contributed by atoms with van der Waals surface area (Å²) in [6.07, 6.45) is 0. The SMILES string of the molecule is O=[N+]([O-])c1cc(-c2nc(Cl)ns2)ccc1Cl. The van der Waals surface area contributed by atoms with Crippen LogP contribution in [0, 0.1) is 10.1 Å². The maximum absolute atomic E-state index is 10.7. The monoisotopic (exact) mass is 275 g/mol. The van der Waals surface area contributed by atoms with Crippen LogP contribution in [0.15, 0.2) is 18.2 Å². The van der Waals surface area contributed by atoms with E-state index >= 15 is 0 Å². The van der Waals surface area contributed by atoms with Gasteiger partial charge in [-0.05, 0) is 35.3 Å². The minimum atomic E-state index is -0.547. The van der Waals surface area contributed by atoms with Crippen molar-refractivity contribution in [3.05, 3.63) is 38.6 Å². The lowest BCUT2D eigenvalue weighted by Crippen LogP contribution is -1.89. The van der Waals surface area contributed by atoms with Crippen LogP contribution in [-0.2, 0) is 0 Å². The van der Waals surface area contributed by atoms with E-state index in [-0.39, 0.29) is 16.0 Å². The first-order chi connectivity index (χ1) is 7.58. The van der Waals surface area contributed by atoms with Gasteiger partial charge >= 0.3 is 0 Å². The van der Waals surface area contributed by atoms with Crippen molar-refractivity contribution in [3.8, 4) is 10.6 Å². The highest BCUT2D eigenvalue weighted by molar-refractivity contribution is 7.09. The van der Waals surface area contributed by atoms with E-state index in [4.69, 9.17) is 23.2 Å². The molecule has 2 rings (SSSR count). The molecule has 0 bridgehead atoms. The van der Waals surface area contributed by atoms with Crippen LogP contribution in [0.5, 0.6) is 0 Å². The van der Waals surface area contributed by atoms with Crippen molar-refractivity contribution in [2.24, 2.45) is 0 Å². The molecule has 0 fully saturated rings. The lowest BCUT2D eigenvalue weighted by atomic mass is 10.2. The van der Waals surface area contributed by atoms with Gasteiger partial charge in [0.1, 0.15) is 10.0 Å². The van der Waals surface area contributed by atoms with Gasteiger partial charge < -0.3 is 0 Å². The zero-order valence-electron chi connectivity index (χ0n) is 7.55. The molecule has 0 amide bonds. The van der Waals surface area contributed by atoms with Crippen molar-refractivity contribution in [1.29, 1.82) is 0 Å². The van der Waals surface area contributed by atoms with E-state index in [1.165, 1.54) is 12.1 Å². The normalized spacial score (nSPS) is 10.4. The topological polar surface area (TPSA) is 68.9 Å². The summed E-state index contributed by atoms with van der Waals surface area (Å²) in [6.45, 7) is 0. The van der Waals surface area contributed by atoms with Crippen LogP contribution in [-0.4, -0.2) is 14.3 Å². The van der Waals surface area contributed by atoms with E-state index in [0.717, 1.165) is 11.5 Å². The molecule has 16 heavy (non-hydrogen) atoms. The fourth-order valence-corrected chi connectivity index (χ4v) is 2.10. The quantitative estimate of drug-likeness (QED) is 0.622. The van der Waals surface area contributed by atoms with E-state index in [0.29, 0.717) is 10.6 Å². The molecule has 5 nitrogen and oxygen atoms in total. The first kappa shape index (κ1) is 11.3. The van der Waals surface area contributed by atoms with Crippen LogP contribution in [0.25, 0.3) is 10.6 Å². The molecule has 0 aliphatic rings. The number of nitro groups is 1. The third-order valence-corrected chi connectivity index (χ3v) is 3.14. The van der Waals surface area contributed by atoms with E-state index in [1.54, 1.807) is 6.07 Å². The Bertz CT molecular complexity index is 558. The van der Waals surface area contributed by atoms with Crippen molar-refractivity contribution in [3.63, 3.8) is 0 Å². The average Bonchev–Trinajstić information content (AvgIpc) is 2.65. The van der Waals surface area contributed by atoms with E-state index in [1.807, 2.05) is 0 Å². The summed E-state index contributed by atoms with van der Waals surface area (Å²) in [5.41, 5.74) is 0.408. The lowest BCUT2D eigenvalue weighted by Gasteiger charge is -1.97. The Kier molecular flexibility index (Phi) is 3.04. The van der Waals surface area contributed by atoms with E-state index in [9.17, 15) is 10.1 Å². The largest absolute Gasteiger partial charge is 0.288 e. The standard InChI is InChI=1S/C8H3Cl2N3O2S/c9-5-2-1-4(3-6(5)13(14)15)7-11-8(10)12-16-7/h1-3H. The third kappa shape index (κ3) is 2.13. The summed E-state index contributed by atoms with van der Waals surface area (Å²) in [7, 11) is 0. The van der Waals surface area contributed by atoms with Gasteiger partial charge in [0.15, 0.2) is 0 Å². The van der Waals surface area contributed by atoms with Gasteiger partial charge in [0.05, 0.1) is 4.92 Å². The summed E-state index contributed by atoms with van der Waals surface area (Å²) in [4.78, 5) is 14.0. The second kappa shape index (κ2) is 4.32. The Morgan fingerprint density at radius 3 is 2.69 bits per heavy atom. The summed E-state index contributed by atoms with van der Waals surface area (Å²) >= 11 is 12.3. The van der Waals surface area contributed by atoms with E-state index in [2.05, 4.69) is 9.36 Å². The highest BCUT2D eigenvalue weighted by Crippen LogP contribution is 2.31. The summed E-state index contributed by atoms with van der Waals surface area (Å²) in [5, 5.41) is 11.4. The molecule has 0 unspecified atom stereocenters. The average molecular weight is 276 g/mol. The molecule has 1 heterocycles. The maximum atomic E-state index is 10.7. The molecular formula is C8H3Cl2N3O2S. The molecule has 0 atom stereocenters. The molecule has 1 aromatic heterocycles. The Morgan fingerprint density at radius 2 is 2.12 bits per heavy atom. The Labute approximate surface area is 104 Å². The number of aromatic nitrogens is 2. The van der Waals surface area contributed by atoms with Crippen molar-refractivity contribution in [1.82, 2.24) is 9.36 Å². The fraction of sp³-hybridized carbons (Fsp3) is 0. The summed E-state index contributed by atoms with van der Waals surface area (Å²) in [5.74, 6) is 0. The first-order valence-corrected chi connectivity index (χ1v) is 5.54. The van der Waals surface area contributed by atoms with Crippen LogP contribution in [0.4, 0.5) is 5.69 Å². The van der Waals surface area contributed by atoms with Gasteiger partial charge in [-0.3, -0.25) is 10.1 Å². The Morgan fingerprint density at radius 1 is 1.38 bits per heavy atom. The molecule has 0 aliphatic carbocycles. The van der Waals surface area contributed by atoms with Gasteiger partial charge in [0, 0.05) is 11.6 Å². The Hall–Kier alpha value is -1.24. The van der Waals surface area contributed by atoms with E-state index < -0.39 is 4.92 Å². The zero-order valence-corrected chi connectivity index (χ0v) is 9.88. The number of hydrogen-bond acceptors (Lipinski definition) is 5. The Balaban J connectivity index is 2.51. The maximum Gasteiger partial charge on any atom is 0.288 e. The predicted molar refractivity (Wildman–Crippen MR) is 62.0 cm³/mol. The van der Waals surface area contributed by atoms with Gasteiger partial charge in [-0.1, -0.05) is 11.6 Å². The second-order valence-electron chi connectivity index (χ2n) is 2.79. The van der Waals surface area contributed by atoms with Crippen LogP contribution in [0.3, 0.4) is 0 Å². The summed E-state index contributed by atoms with van der Waals surface area (Å²) in [6, 6.07) is 4.43. The number of rotatable bonds is 2.